The summed E-state index contributed by atoms with van der Waals surface area (Å²) < 4.78 is 9.35. The lowest BCUT2D eigenvalue weighted by Crippen LogP contribution is -2.20. The maximum absolute atomic E-state index is 11.6. The Morgan fingerprint density at radius 3 is 3.05 bits per heavy atom. The summed E-state index contributed by atoms with van der Waals surface area (Å²) in [5, 5.41) is 3.35. The van der Waals surface area contributed by atoms with Crippen molar-refractivity contribution in [3.63, 3.8) is 0 Å². The highest BCUT2D eigenvalue weighted by molar-refractivity contribution is 7.10. The smallest absolute Gasteiger partial charge is 0.252 e. The normalized spacial score (nSPS) is 10.8. The monoisotopic (exact) mass is 312 g/mol. The van der Waals surface area contributed by atoms with Crippen molar-refractivity contribution in [3.05, 3.63) is 23.5 Å². The summed E-state index contributed by atoms with van der Waals surface area (Å²) in [5.74, 6) is 0.173. The van der Waals surface area contributed by atoms with E-state index in [0.29, 0.717) is 21.7 Å². The summed E-state index contributed by atoms with van der Waals surface area (Å²) >= 11 is 7.05. The average molecular weight is 313 g/mol. The molecule has 106 valence electrons. The van der Waals surface area contributed by atoms with Crippen molar-refractivity contribution in [2.75, 3.05) is 11.9 Å². The van der Waals surface area contributed by atoms with Crippen molar-refractivity contribution in [3.8, 4) is 11.4 Å². The molecule has 0 saturated carbocycles. The minimum absolute atomic E-state index is 0.0000642. The molecule has 2 aromatic rings. The molecule has 0 saturated heterocycles. The molecular formula is C12H13ClN4O2S. The first-order valence-electron chi connectivity index (χ1n) is 5.92. The maximum Gasteiger partial charge on any atom is 0.252 e. The molecule has 2 aromatic heterocycles. The third-order valence-electron chi connectivity index (χ3n) is 2.22. The standard InChI is InChI=1S/C12H13ClN4O2S/c1-7(2)19-6-9(18)15-12-16-11(17-20-12)8-4-3-5-14-10(8)13/h3-5,7H,6H2,1-2H3,(H,15,16,17,18). The van der Waals surface area contributed by atoms with Crippen LogP contribution in [0.5, 0.6) is 0 Å². The SMILES string of the molecule is CC(C)OCC(=O)Nc1nc(-c2cccnc2Cl)ns1. The quantitative estimate of drug-likeness (QED) is 0.859. The molecule has 20 heavy (non-hydrogen) atoms. The first-order valence-corrected chi connectivity index (χ1v) is 7.07. The third kappa shape index (κ3) is 3.96. The first kappa shape index (κ1) is 14.8. The molecule has 0 radical (unpaired) electrons. The van der Waals surface area contributed by atoms with Crippen LogP contribution in [0.2, 0.25) is 5.15 Å². The summed E-state index contributed by atoms with van der Waals surface area (Å²) in [6.45, 7) is 3.71. The fourth-order valence-electron chi connectivity index (χ4n) is 1.33. The van der Waals surface area contributed by atoms with Gasteiger partial charge in [0.1, 0.15) is 11.8 Å². The van der Waals surface area contributed by atoms with Gasteiger partial charge in [0.25, 0.3) is 5.91 Å². The summed E-state index contributed by atoms with van der Waals surface area (Å²) in [4.78, 5) is 19.8. The second kappa shape index (κ2) is 6.74. The van der Waals surface area contributed by atoms with Crippen molar-refractivity contribution in [1.82, 2.24) is 14.3 Å². The number of halogens is 1. The van der Waals surface area contributed by atoms with Gasteiger partial charge < -0.3 is 4.74 Å². The second-order valence-corrected chi connectivity index (χ2v) is 5.28. The molecule has 0 unspecified atom stereocenters. The minimum atomic E-state index is -0.265. The van der Waals surface area contributed by atoms with Crippen LogP contribution in [-0.4, -0.2) is 33.0 Å². The van der Waals surface area contributed by atoms with Gasteiger partial charge >= 0.3 is 0 Å². The number of nitrogens with zero attached hydrogens (tertiary/aromatic N) is 3. The van der Waals surface area contributed by atoms with E-state index in [-0.39, 0.29) is 18.6 Å². The van der Waals surface area contributed by atoms with Crippen LogP contribution in [0, 0.1) is 0 Å². The lowest BCUT2D eigenvalue weighted by atomic mass is 10.3. The van der Waals surface area contributed by atoms with E-state index in [9.17, 15) is 4.79 Å². The number of carbonyl (C=O) groups excluding carboxylic acids is 1. The van der Waals surface area contributed by atoms with Crippen LogP contribution >= 0.6 is 23.1 Å². The molecule has 6 nitrogen and oxygen atoms in total. The van der Waals surface area contributed by atoms with Crippen molar-refractivity contribution >= 4 is 34.2 Å². The van der Waals surface area contributed by atoms with Gasteiger partial charge in [-0.2, -0.15) is 9.36 Å². The number of ether oxygens (including phenoxy) is 1. The Bertz CT molecular complexity index is 603. The Morgan fingerprint density at radius 1 is 1.55 bits per heavy atom. The molecule has 2 heterocycles. The predicted molar refractivity (Wildman–Crippen MR) is 77.9 cm³/mol. The fourth-order valence-corrected chi connectivity index (χ4v) is 2.14. The van der Waals surface area contributed by atoms with Crippen LogP contribution in [0.1, 0.15) is 13.8 Å². The highest BCUT2D eigenvalue weighted by Crippen LogP contribution is 2.25. The van der Waals surface area contributed by atoms with E-state index in [4.69, 9.17) is 16.3 Å². The van der Waals surface area contributed by atoms with Gasteiger partial charge in [0.05, 0.1) is 11.7 Å². The number of hydrogen-bond donors (Lipinski definition) is 1. The van der Waals surface area contributed by atoms with Gasteiger partial charge in [-0.1, -0.05) is 11.6 Å². The number of pyridine rings is 1. The number of carbonyl (C=O) groups is 1. The Labute approximate surface area is 125 Å². The summed E-state index contributed by atoms with van der Waals surface area (Å²) in [7, 11) is 0. The molecule has 0 fully saturated rings. The number of aromatic nitrogens is 3. The summed E-state index contributed by atoms with van der Waals surface area (Å²) in [5.41, 5.74) is 0.629. The van der Waals surface area contributed by atoms with Crippen LogP contribution < -0.4 is 5.32 Å². The molecule has 0 bridgehead atoms. The first-order chi connectivity index (χ1) is 9.56. The number of anilines is 1. The molecule has 0 aliphatic rings. The third-order valence-corrected chi connectivity index (χ3v) is 3.15. The van der Waals surface area contributed by atoms with E-state index in [1.54, 1.807) is 18.3 Å². The molecule has 0 aromatic carbocycles. The van der Waals surface area contributed by atoms with E-state index in [2.05, 4.69) is 19.7 Å². The van der Waals surface area contributed by atoms with E-state index in [0.717, 1.165) is 11.5 Å². The Hall–Kier alpha value is -1.57. The van der Waals surface area contributed by atoms with Crippen LogP contribution in [0.15, 0.2) is 18.3 Å². The zero-order valence-corrected chi connectivity index (χ0v) is 12.5. The van der Waals surface area contributed by atoms with E-state index in [1.165, 1.54) is 0 Å². The van der Waals surface area contributed by atoms with Crippen molar-refractivity contribution in [2.45, 2.75) is 20.0 Å². The van der Waals surface area contributed by atoms with Crippen LogP contribution in [0.4, 0.5) is 5.13 Å². The highest BCUT2D eigenvalue weighted by atomic mass is 35.5. The number of rotatable bonds is 5. The van der Waals surface area contributed by atoms with E-state index < -0.39 is 0 Å². The molecule has 1 amide bonds. The second-order valence-electron chi connectivity index (χ2n) is 4.17. The number of nitrogens with one attached hydrogen (secondary N) is 1. The lowest BCUT2D eigenvalue weighted by molar-refractivity contribution is -0.121. The van der Waals surface area contributed by atoms with Gasteiger partial charge in [-0.05, 0) is 26.0 Å². The summed E-state index contributed by atoms with van der Waals surface area (Å²) in [6, 6.07) is 3.52. The molecule has 2 rings (SSSR count). The molecule has 0 atom stereocenters. The average Bonchev–Trinajstić information content (AvgIpc) is 2.85. The largest absolute Gasteiger partial charge is 0.369 e. The molecular weight excluding hydrogens is 300 g/mol. The topological polar surface area (TPSA) is 77.0 Å². The van der Waals surface area contributed by atoms with Crippen molar-refractivity contribution < 1.29 is 9.53 Å². The van der Waals surface area contributed by atoms with Gasteiger partial charge in [0, 0.05) is 17.7 Å². The van der Waals surface area contributed by atoms with Gasteiger partial charge in [0.2, 0.25) is 5.13 Å². The lowest BCUT2D eigenvalue weighted by Gasteiger charge is -2.05. The van der Waals surface area contributed by atoms with Crippen molar-refractivity contribution in [2.24, 2.45) is 0 Å². The molecule has 0 aliphatic heterocycles. The Balaban J connectivity index is 2.03. The van der Waals surface area contributed by atoms with Gasteiger partial charge in [0.15, 0.2) is 5.82 Å². The van der Waals surface area contributed by atoms with E-state index >= 15 is 0 Å². The number of amides is 1. The van der Waals surface area contributed by atoms with Crippen molar-refractivity contribution in [1.29, 1.82) is 0 Å². The number of hydrogen-bond acceptors (Lipinski definition) is 6. The van der Waals surface area contributed by atoms with Crippen LogP contribution in [-0.2, 0) is 9.53 Å². The molecule has 0 spiro atoms. The molecule has 0 aliphatic carbocycles. The van der Waals surface area contributed by atoms with Crippen LogP contribution in [0.25, 0.3) is 11.4 Å². The molecule has 8 heteroatoms. The van der Waals surface area contributed by atoms with Gasteiger partial charge in [-0.15, -0.1) is 0 Å². The summed E-state index contributed by atoms with van der Waals surface area (Å²) in [6.07, 6.45) is 1.59. The minimum Gasteiger partial charge on any atom is -0.369 e. The Morgan fingerprint density at radius 2 is 2.35 bits per heavy atom. The van der Waals surface area contributed by atoms with Gasteiger partial charge in [-0.3, -0.25) is 10.1 Å². The predicted octanol–water partition coefficient (Wildman–Crippen LogP) is 2.62. The zero-order valence-electron chi connectivity index (χ0n) is 11.0. The highest BCUT2D eigenvalue weighted by Gasteiger charge is 2.12. The van der Waals surface area contributed by atoms with Gasteiger partial charge in [-0.25, -0.2) is 4.98 Å². The fraction of sp³-hybridized carbons (Fsp3) is 0.333. The molecule has 1 N–H and O–H groups in total. The van der Waals surface area contributed by atoms with Crippen LogP contribution in [0.3, 0.4) is 0 Å². The zero-order chi connectivity index (χ0) is 14.5. The van der Waals surface area contributed by atoms with E-state index in [1.807, 2.05) is 13.8 Å². The Kier molecular flexibility index (Phi) is 4.99. The maximum atomic E-state index is 11.6.